The van der Waals surface area contributed by atoms with E-state index in [1.54, 1.807) is 12.4 Å². The summed E-state index contributed by atoms with van der Waals surface area (Å²) in [6, 6.07) is 9.94. The third-order valence-corrected chi connectivity index (χ3v) is 3.24. The molecule has 1 aromatic heterocycles. The van der Waals surface area contributed by atoms with Crippen LogP contribution in [0.4, 0.5) is 5.69 Å². The molecule has 0 bridgehead atoms. The Morgan fingerprint density at radius 2 is 1.90 bits per heavy atom. The quantitative estimate of drug-likeness (QED) is 0.897. The molecule has 1 heterocycles. The molecule has 4 nitrogen and oxygen atoms in total. The summed E-state index contributed by atoms with van der Waals surface area (Å²) in [6.07, 6.45) is 3.30. The zero-order valence-corrected chi connectivity index (χ0v) is 12.0. The summed E-state index contributed by atoms with van der Waals surface area (Å²) in [5.74, 6) is -0.143. The molecule has 0 aliphatic carbocycles. The highest BCUT2D eigenvalue weighted by Crippen LogP contribution is 2.16. The molecule has 1 unspecified atom stereocenters. The molecule has 1 aromatic carbocycles. The summed E-state index contributed by atoms with van der Waals surface area (Å²) in [5.41, 5.74) is 3.50. The molecule has 2 N–H and O–H groups in total. The third kappa shape index (κ3) is 3.42. The number of aromatic nitrogens is 1. The Balaban J connectivity index is 2.08. The van der Waals surface area contributed by atoms with E-state index in [2.05, 4.69) is 22.5 Å². The van der Waals surface area contributed by atoms with E-state index in [9.17, 15) is 4.79 Å². The van der Waals surface area contributed by atoms with Crippen LogP contribution in [-0.4, -0.2) is 17.9 Å². The Kier molecular flexibility index (Phi) is 4.48. The van der Waals surface area contributed by atoms with Gasteiger partial charge in [-0.2, -0.15) is 0 Å². The highest BCUT2D eigenvalue weighted by atomic mass is 16.1. The second-order valence-corrected chi connectivity index (χ2v) is 4.84. The maximum absolute atomic E-state index is 12.1. The van der Waals surface area contributed by atoms with E-state index < -0.39 is 0 Å². The topological polar surface area (TPSA) is 54.0 Å². The van der Waals surface area contributed by atoms with Crippen molar-refractivity contribution in [3.8, 4) is 0 Å². The minimum absolute atomic E-state index is 0.143. The molecule has 104 valence electrons. The lowest BCUT2D eigenvalue weighted by molar-refractivity contribution is 0.102. The highest BCUT2D eigenvalue weighted by molar-refractivity contribution is 6.04. The summed E-state index contributed by atoms with van der Waals surface area (Å²) in [5, 5.41) is 6.05. The van der Waals surface area contributed by atoms with Crippen LogP contribution < -0.4 is 10.6 Å². The Morgan fingerprint density at radius 1 is 1.20 bits per heavy atom. The van der Waals surface area contributed by atoms with Gasteiger partial charge in [0.25, 0.3) is 5.91 Å². The largest absolute Gasteiger partial charge is 0.322 e. The van der Waals surface area contributed by atoms with Gasteiger partial charge in [-0.3, -0.25) is 9.78 Å². The van der Waals surface area contributed by atoms with Crippen LogP contribution in [0.3, 0.4) is 0 Å². The predicted octanol–water partition coefficient (Wildman–Crippen LogP) is 2.92. The highest BCUT2D eigenvalue weighted by Gasteiger charge is 2.07. The van der Waals surface area contributed by atoms with Gasteiger partial charge in [-0.1, -0.05) is 12.1 Å². The molecule has 0 radical (unpaired) electrons. The number of carbonyl (C=O) groups excluding carboxylic acids is 1. The van der Waals surface area contributed by atoms with Crippen molar-refractivity contribution in [3.05, 3.63) is 59.4 Å². The molecule has 2 rings (SSSR count). The first-order chi connectivity index (χ1) is 9.60. The van der Waals surface area contributed by atoms with Gasteiger partial charge in [-0.25, -0.2) is 0 Å². The second-order valence-electron chi connectivity index (χ2n) is 4.84. The maximum atomic E-state index is 12.1. The van der Waals surface area contributed by atoms with Crippen molar-refractivity contribution in [2.45, 2.75) is 19.9 Å². The molecular weight excluding hydrogens is 250 g/mol. The van der Waals surface area contributed by atoms with Crippen molar-refractivity contribution in [1.29, 1.82) is 0 Å². The third-order valence-electron chi connectivity index (χ3n) is 3.24. The van der Waals surface area contributed by atoms with Crippen molar-refractivity contribution in [3.63, 3.8) is 0 Å². The Hall–Kier alpha value is -2.20. The summed E-state index contributed by atoms with van der Waals surface area (Å²) in [6.45, 7) is 4.00. The lowest BCUT2D eigenvalue weighted by Crippen LogP contribution is -2.14. The molecule has 1 atom stereocenters. The second kappa shape index (κ2) is 6.30. The molecule has 0 spiro atoms. The lowest BCUT2D eigenvalue weighted by Gasteiger charge is -2.11. The van der Waals surface area contributed by atoms with Gasteiger partial charge in [-0.15, -0.1) is 0 Å². The molecule has 0 aliphatic heterocycles. The predicted molar refractivity (Wildman–Crippen MR) is 80.8 cm³/mol. The van der Waals surface area contributed by atoms with Gasteiger partial charge in [0, 0.05) is 24.1 Å². The number of anilines is 1. The van der Waals surface area contributed by atoms with Gasteiger partial charge < -0.3 is 10.6 Å². The van der Waals surface area contributed by atoms with Crippen LogP contribution in [0, 0.1) is 6.92 Å². The number of nitrogens with one attached hydrogen (secondary N) is 2. The van der Waals surface area contributed by atoms with Crippen LogP contribution in [0.5, 0.6) is 0 Å². The lowest BCUT2D eigenvalue weighted by atomic mass is 10.1. The van der Waals surface area contributed by atoms with Crippen molar-refractivity contribution in [2.75, 3.05) is 12.4 Å². The minimum atomic E-state index is -0.143. The zero-order valence-electron chi connectivity index (χ0n) is 12.0. The number of hydrogen-bond acceptors (Lipinski definition) is 3. The van der Waals surface area contributed by atoms with Crippen molar-refractivity contribution < 1.29 is 4.79 Å². The van der Waals surface area contributed by atoms with E-state index in [4.69, 9.17) is 0 Å². The van der Waals surface area contributed by atoms with E-state index in [-0.39, 0.29) is 5.91 Å². The van der Waals surface area contributed by atoms with Gasteiger partial charge in [0.15, 0.2) is 0 Å². The summed E-state index contributed by atoms with van der Waals surface area (Å²) in [4.78, 5) is 16.1. The van der Waals surface area contributed by atoms with E-state index in [0.717, 1.165) is 11.3 Å². The zero-order chi connectivity index (χ0) is 14.5. The fourth-order valence-corrected chi connectivity index (χ4v) is 1.90. The summed E-state index contributed by atoms with van der Waals surface area (Å²) in [7, 11) is 1.92. The molecule has 2 aromatic rings. The number of rotatable bonds is 4. The fourth-order valence-electron chi connectivity index (χ4n) is 1.90. The summed E-state index contributed by atoms with van der Waals surface area (Å²) >= 11 is 0. The van der Waals surface area contributed by atoms with Crippen molar-refractivity contribution in [2.24, 2.45) is 0 Å². The van der Waals surface area contributed by atoms with Gasteiger partial charge in [-0.05, 0) is 50.2 Å². The minimum Gasteiger partial charge on any atom is -0.322 e. The monoisotopic (exact) mass is 269 g/mol. The first-order valence-corrected chi connectivity index (χ1v) is 6.60. The first-order valence-electron chi connectivity index (χ1n) is 6.60. The standard InChI is InChI=1S/C16H19N3O/c1-11-8-14(10-18-9-11)16(20)19-15-6-4-13(5-7-15)12(2)17-3/h4-10,12,17H,1-3H3,(H,19,20). The average Bonchev–Trinajstić information content (AvgIpc) is 2.47. The van der Waals surface area contributed by atoms with E-state index in [0.29, 0.717) is 11.6 Å². The molecule has 0 saturated heterocycles. The fraction of sp³-hybridized carbons (Fsp3) is 0.250. The number of carbonyl (C=O) groups is 1. The molecular formula is C16H19N3O. The first kappa shape index (κ1) is 14.2. The maximum Gasteiger partial charge on any atom is 0.257 e. The van der Waals surface area contributed by atoms with Gasteiger partial charge in [0.1, 0.15) is 0 Å². The number of hydrogen-bond donors (Lipinski definition) is 2. The number of pyridine rings is 1. The Labute approximate surface area is 119 Å². The van der Waals surface area contributed by atoms with Crippen LogP contribution >= 0.6 is 0 Å². The van der Waals surface area contributed by atoms with Crippen LogP contribution in [0.25, 0.3) is 0 Å². The van der Waals surface area contributed by atoms with E-state index in [1.165, 1.54) is 5.56 Å². The number of aryl methyl sites for hydroxylation is 1. The Morgan fingerprint density at radius 3 is 2.50 bits per heavy atom. The van der Waals surface area contributed by atoms with E-state index in [1.807, 2.05) is 44.3 Å². The van der Waals surface area contributed by atoms with Gasteiger partial charge in [0.05, 0.1) is 5.56 Å². The normalized spacial score (nSPS) is 11.9. The number of amides is 1. The Bertz CT molecular complexity index is 593. The molecule has 20 heavy (non-hydrogen) atoms. The van der Waals surface area contributed by atoms with Crippen LogP contribution in [0.1, 0.15) is 34.5 Å². The number of nitrogens with zero attached hydrogens (tertiary/aromatic N) is 1. The van der Waals surface area contributed by atoms with Crippen LogP contribution in [0.2, 0.25) is 0 Å². The average molecular weight is 269 g/mol. The number of benzene rings is 1. The SMILES string of the molecule is CNC(C)c1ccc(NC(=O)c2cncc(C)c2)cc1. The van der Waals surface area contributed by atoms with Crippen LogP contribution in [-0.2, 0) is 0 Å². The molecule has 4 heteroatoms. The van der Waals surface area contributed by atoms with Crippen molar-refractivity contribution in [1.82, 2.24) is 10.3 Å². The molecule has 1 amide bonds. The van der Waals surface area contributed by atoms with E-state index >= 15 is 0 Å². The summed E-state index contributed by atoms with van der Waals surface area (Å²) < 4.78 is 0. The molecule has 0 saturated carbocycles. The van der Waals surface area contributed by atoms with Crippen LogP contribution in [0.15, 0.2) is 42.7 Å². The molecule has 0 fully saturated rings. The van der Waals surface area contributed by atoms with Crippen molar-refractivity contribution >= 4 is 11.6 Å². The van der Waals surface area contributed by atoms with Gasteiger partial charge in [0.2, 0.25) is 0 Å². The smallest absolute Gasteiger partial charge is 0.257 e. The molecule has 0 aliphatic rings. The van der Waals surface area contributed by atoms with Gasteiger partial charge >= 0.3 is 0 Å².